The summed E-state index contributed by atoms with van der Waals surface area (Å²) < 4.78 is 0. The van der Waals surface area contributed by atoms with Gasteiger partial charge in [0.25, 0.3) is 5.69 Å². The van der Waals surface area contributed by atoms with Crippen LogP contribution in [-0.4, -0.2) is 26.3 Å². The van der Waals surface area contributed by atoms with Crippen molar-refractivity contribution < 1.29 is 4.92 Å². The summed E-state index contributed by atoms with van der Waals surface area (Å²) >= 11 is 0. The lowest BCUT2D eigenvalue weighted by Crippen LogP contribution is -2.24. The molecule has 0 amide bonds. The molecule has 1 atom stereocenters. The predicted octanol–water partition coefficient (Wildman–Crippen LogP) is 4.63. The smallest absolute Gasteiger partial charge is 0.273 e. The van der Waals surface area contributed by atoms with Crippen LogP contribution in [0.25, 0.3) is 11.3 Å². The highest BCUT2D eigenvalue weighted by Gasteiger charge is 2.30. The normalized spacial score (nSPS) is 17.3. The molecule has 1 N–H and O–H groups in total. The molecule has 0 radical (unpaired) electrons. The first kappa shape index (κ1) is 17.4. The number of nitro benzene ring substituents is 1. The number of H-pyrrole nitrogens is 1. The quantitative estimate of drug-likeness (QED) is 0.530. The monoisotopic (exact) mass is 362 g/mol. The van der Waals surface area contributed by atoms with E-state index in [2.05, 4.69) is 40.0 Å². The Kier molecular flexibility index (Phi) is 4.73. The summed E-state index contributed by atoms with van der Waals surface area (Å²) in [5.41, 5.74) is 4.27. The van der Waals surface area contributed by atoms with E-state index in [1.54, 1.807) is 12.1 Å². The van der Waals surface area contributed by atoms with E-state index in [1.807, 2.05) is 24.4 Å². The van der Waals surface area contributed by atoms with Gasteiger partial charge in [0.05, 0.1) is 22.9 Å². The van der Waals surface area contributed by atoms with Gasteiger partial charge in [-0.1, -0.05) is 42.0 Å². The highest BCUT2D eigenvalue weighted by molar-refractivity contribution is 5.59. The number of hydrogen-bond acceptors (Lipinski definition) is 4. The maximum absolute atomic E-state index is 11.3. The third kappa shape index (κ3) is 3.61. The molecule has 1 fully saturated rings. The average molecular weight is 362 g/mol. The van der Waals surface area contributed by atoms with Gasteiger partial charge < -0.3 is 4.98 Å². The second-order valence-corrected chi connectivity index (χ2v) is 7.07. The zero-order chi connectivity index (χ0) is 18.8. The highest BCUT2D eigenvalue weighted by Crippen LogP contribution is 2.34. The number of aromatic amines is 1. The zero-order valence-corrected chi connectivity index (χ0v) is 15.3. The predicted molar refractivity (Wildman–Crippen MR) is 104 cm³/mol. The topological polar surface area (TPSA) is 75.1 Å². The number of nitrogens with one attached hydrogen (secondary N) is 1. The van der Waals surface area contributed by atoms with E-state index in [1.165, 1.54) is 5.56 Å². The van der Waals surface area contributed by atoms with Crippen LogP contribution in [0, 0.1) is 17.0 Å². The van der Waals surface area contributed by atoms with E-state index < -0.39 is 0 Å². The van der Waals surface area contributed by atoms with Gasteiger partial charge in [-0.2, -0.15) is 0 Å². The Hall–Kier alpha value is -2.99. The lowest BCUT2D eigenvalue weighted by molar-refractivity contribution is -0.385. The van der Waals surface area contributed by atoms with Crippen LogP contribution < -0.4 is 0 Å². The van der Waals surface area contributed by atoms with E-state index in [0.717, 1.165) is 42.0 Å². The van der Waals surface area contributed by atoms with Crippen molar-refractivity contribution in [2.24, 2.45) is 0 Å². The summed E-state index contributed by atoms with van der Waals surface area (Å²) in [5, 5.41) is 11.3. The number of aromatic nitrogens is 2. The van der Waals surface area contributed by atoms with Crippen molar-refractivity contribution in [1.29, 1.82) is 0 Å². The molecule has 2 heterocycles. The second kappa shape index (κ2) is 7.32. The number of aryl methyl sites for hydroxylation is 1. The van der Waals surface area contributed by atoms with Gasteiger partial charge in [0.2, 0.25) is 0 Å². The van der Waals surface area contributed by atoms with Gasteiger partial charge in [0, 0.05) is 18.2 Å². The number of likely N-dealkylation sites (tertiary alicyclic amines) is 1. The first-order valence-corrected chi connectivity index (χ1v) is 9.20. The molecule has 1 aliphatic rings. The molecule has 1 aliphatic heterocycles. The van der Waals surface area contributed by atoms with Gasteiger partial charge in [0.1, 0.15) is 5.82 Å². The van der Waals surface area contributed by atoms with Gasteiger partial charge in [0.15, 0.2) is 0 Å². The fourth-order valence-electron chi connectivity index (χ4n) is 3.83. The zero-order valence-electron chi connectivity index (χ0n) is 15.3. The molecule has 0 bridgehead atoms. The Bertz CT molecular complexity index is 966. The lowest BCUT2D eigenvalue weighted by atomic mass is 10.1. The number of hydrogen-bond donors (Lipinski definition) is 1. The van der Waals surface area contributed by atoms with Gasteiger partial charge >= 0.3 is 0 Å². The van der Waals surface area contributed by atoms with Gasteiger partial charge in [-0.15, -0.1) is 0 Å². The fourth-order valence-corrected chi connectivity index (χ4v) is 3.83. The largest absolute Gasteiger partial charge is 0.341 e. The molecule has 0 saturated carbocycles. The second-order valence-electron chi connectivity index (χ2n) is 7.07. The summed E-state index contributed by atoms with van der Waals surface area (Å²) in [6, 6.07) is 15.5. The van der Waals surface area contributed by atoms with Crippen LogP contribution in [0.1, 0.15) is 35.8 Å². The first-order chi connectivity index (χ1) is 13.1. The van der Waals surface area contributed by atoms with Crippen LogP contribution in [0.15, 0.2) is 54.7 Å². The summed E-state index contributed by atoms with van der Waals surface area (Å²) in [5.74, 6) is 0.933. The van der Waals surface area contributed by atoms with Gasteiger partial charge in [-0.3, -0.25) is 15.0 Å². The van der Waals surface area contributed by atoms with Crippen molar-refractivity contribution >= 4 is 5.69 Å². The summed E-state index contributed by atoms with van der Waals surface area (Å²) in [4.78, 5) is 21.4. The van der Waals surface area contributed by atoms with Crippen molar-refractivity contribution in [2.45, 2.75) is 32.4 Å². The highest BCUT2D eigenvalue weighted by atomic mass is 16.6. The standard InChI is InChI=1S/C21H22N4O2/c1-15-6-4-8-16(12-15)18-13-22-21(23-18)20-10-5-11-24(20)14-17-7-2-3-9-19(17)25(26)27/h2-4,6-9,12-13,20H,5,10-11,14H2,1H3,(H,22,23)/t20-/m0/s1. The van der Waals surface area contributed by atoms with Crippen molar-refractivity contribution in [3.05, 3.63) is 81.8 Å². The van der Waals surface area contributed by atoms with Crippen LogP contribution in [-0.2, 0) is 6.54 Å². The van der Waals surface area contributed by atoms with E-state index in [-0.39, 0.29) is 16.7 Å². The molecular formula is C21H22N4O2. The molecule has 27 heavy (non-hydrogen) atoms. The summed E-state index contributed by atoms with van der Waals surface area (Å²) in [6.45, 7) is 3.55. The molecule has 138 valence electrons. The number of rotatable bonds is 5. The number of para-hydroxylation sites is 1. The Balaban J connectivity index is 1.57. The molecule has 2 aromatic carbocycles. The van der Waals surface area contributed by atoms with Crippen LogP contribution in [0.5, 0.6) is 0 Å². The molecule has 6 heteroatoms. The molecule has 0 aliphatic carbocycles. The minimum absolute atomic E-state index is 0.156. The summed E-state index contributed by atoms with van der Waals surface area (Å²) in [6.07, 6.45) is 3.94. The number of nitrogens with zero attached hydrogens (tertiary/aromatic N) is 3. The Labute approximate surface area is 158 Å². The molecule has 6 nitrogen and oxygen atoms in total. The van der Waals surface area contributed by atoms with Crippen molar-refractivity contribution in [3.63, 3.8) is 0 Å². The molecule has 1 saturated heterocycles. The number of imidazole rings is 1. The third-order valence-corrected chi connectivity index (χ3v) is 5.17. The van der Waals surface area contributed by atoms with Crippen LogP contribution in [0.3, 0.4) is 0 Å². The molecule has 4 rings (SSSR count). The Morgan fingerprint density at radius 1 is 1.26 bits per heavy atom. The SMILES string of the molecule is Cc1cccc(-c2cnc([C@@H]3CCCN3Cc3ccccc3[N+](=O)[O-])[nH]2)c1. The number of nitro groups is 1. The van der Waals surface area contributed by atoms with Gasteiger partial charge in [-0.05, 0) is 37.9 Å². The van der Waals surface area contributed by atoms with Crippen molar-refractivity contribution in [1.82, 2.24) is 14.9 Å². The minimum atomic E-state index is -0.302. The summed E-state index contributed by atoms with van der Waals surface area (Å²) in [7, 11) is 0. The molecule has 3 aromatic rings. The van der Waals surface area contributed by atoms with Gasteiger partial charge in [-0.25, -0.2) is 4.98 Å². The van der Waals surface area contributed by atoms with Crippen LogP contribution in [0.2, 0.25) is 0 Å². The molecule has 1 aromatic heterocycles. The maximum atomic E-state index is 11.3. The fraction of sp³-hybridized carbons (Fsp3) is 0.286. The van der Waals surface area contributed by atoms with Crippen molar-refractivity contribution in [2.75, 3.05) is 6.54 Å². The lowest BCUT2D eigenvalue weighted by Gasteiger charge is -2.22. The van der Waals surface area contributed by atoms with Crippen LogP contribution in [0.4, 0.5) is 5.69 Å². The van der Waals surface area contributed by atoms with Crippen LogP contribution >= 0.6 is 0 Å². The Morgan fingerprint density at radius 2 is 2.11 bits per heavy atom. The van der Waals surface area contributed by atoms with E-state index >= 15 is 0 Å². The minimum Gasteiger partial charge on any atom is -0.341 e. The number of benzene rings is 2. The first-order valence-electron chi connectivity index (χ1n) is 9.20. The van der Waals surface area contributed by atoms with E-state index in [9.17, 15) is 10.1 Å². The van der Waals surface area contributed by atoms with Crippen molar-refractivity contribution in [3.8, 4) is 11.3 Å². The van der Waals surface area contributed by atoms with E-state index in [0.29, 0.717) is 6.54 Å². The molecule has 0 spiro atoms. The maximum Gasteiger partial charge on any atom is 0.273 e. The Morgan fingerprint density at radius 3 is 2.93 bits per heavy atom. The third-order valence-electron chi connectivity index (χ3n) is 5.17. The average Bonchev–Trinajstić information content (AvgIpc) is 3.31. The molecular weight excluding hydrogens is 340 g/mol. The molecule has 0 unspecified atom stereocenters. The van der Waals surface area contributed by atoms with E-state index in [4.69, 9.17) is 0 Å².